The fourth-order valence-corrected chi connectivity index (χ4v) is 2.52. The molecule has 2 nitrogen and oxygen atoms in total. The Balaban J connectivity index is 2.27. The molecule has 0 bridgehead atoms. The lowest BCUT2D eigenvalue weighted by Gasteiger charge is -2.02. The molecule has 0 aromatic heterocycles. The molecule has 1 saturated carbocycles. The van der Waals surface area contributed by atoms with E-state index in [1.807, 2.05) is 38.1 Å². The van der Waals surface area contributed by atoms with Crippen LogP contribution in [0.1, 0.15) is 25.3 Å². The maximum absolute atomic E-state index is 11.0. The molecule has 1 aromatic rings. The Kier molecular flexibility index (Phi) is 2.27. The number of carboxylic acids is 1. The third-order valence-corrected chi connectivity index (χ3v) is 3.57. The van der Waals surface area contributed by atoms with Gasteiger partial charge in [0.05, 0.1) is 5.92 Å². The third kappa shape index (κ3) is 1.63. The van der Waals surface area contributed by atoms with Crippen LogP contribution in [0.25, 0.3) is 0 Å². The van der Waals surface area contributed by atoms with Crippen LogP contribution in [-0.2, 0) is 4.79 Å². The first kappa shape index (κ1) is 10.5. The van der Waals surface area contributed by atoms with E-state index in [0.29, 0.717) is 5.02 Å². The Morgan fingerprint density at radius 2 is 1.87 bits per heavy atom. The number of rotatable bonds is 2. The van der Waals surface area contributed by atoms with Gasteiger partial charge in [-0.15, -0.1) is 0 Å². The van der Waals surface area contributed by atoms with Crippen molar-refractivity contribution >= 4 is 17.6 Å². The molecule has 0 saturated heterocycles. The number of aliphatic carboxylic acids is 1. The SMILES string of the molecule is CC1(C)C(C(=O)O)C1c1ccc(Cl)cc1. The maximum atomic E-state index is 11.0. The van der Waals surface area contributed by atoms with Gasteiger partial charge >= 0.3 is 5.97 Å². The van der Waals surface area contributed by atoms with E-state index in [0.717, 1.165) is 5.56 Å². The highest BCUT2D eigenvalue weighted by Gasteiger charge is 2.62. The summed E-state index contributed by atoms with van der Waals surface area (Å²) in [6, 6.07) is 7.45. The Morgan fingerprint density at radius 3 is 2.27 bits per heavy atom. The zero-order valence-electron chi connectivity index (χ0n) is 8.70. The summed E-state index contributed by atoms with van der Waals surface area (Å²) in [5.41, 5.74) is 0.927. The van der Waals surface area contributed by atoms with E-state index in [9.17, 15) is 4.79 Å². The van der Waals surface area contributed by atoms with Crippen LogP contribution in [0.3, 0.4) is 0 Å². The van der Waals surface area contributed by atoms with Crippen molar-refractivity contribution in [3.05, 3.63) is 34.9 Å². The lowest BCUT2D eigenvalue weighted by molar-refractivity contribution is -0.139. The first-order valence-electron chi connectivity index (χ1n) is 4.93. The fourth-order valence-electron chi connectivity index (χ4n) is 2.39. The fraction of sp³-hybridized carbons (Fsp3) is 0.417. The quantitative estimate of drug-likeness (QED) is 0.838. The smallest absolute Gasteiger partial charge is 0.307 e. The van der Waals surface area contributed by atoms with Gasteiger partial charge in [-0.05, 0) is 23.1 Å². The minimum absolute atomic E-state index is 0.118. The molecule has 2 unspecified atom stereocenters. The number of carbonyl (C=O) groups is 1. The van der Waals surface area contributed by atoms with Crippen molar-refractivity contribution in [2.75, 3.05) is 0 Å². The predicted octanol–water partition coefficient (Wildman–Crippen LogP) is 3.16. The molecule has 0 heterocycles. The average Bonchev–Trinajstić information content (AvgIpc) is 2.70. The van der Waals surface area contributed by atoms with E-state index in [4.69, 9.17) is 16.7 Å². The van der Waals surface area contributed by atoms with Gasteiger partial charge in [-0.1, -0.05) is 37.6 Å². The summed E-state index contributed by atoms with van der Waals surface area (Å²) in [5.74, 6) is -0.856. The van der Waals surface area contributed by atoms with Crippen LogP contribution in [0.5, 0.6) is 0 Å². The third-order valence-electron chi connectivity index (χ3n) is 3.32. The molecule has 3 heteroatoms. The van der Waals surface area contributed by atoms with Crippen molar-refractivity contribution < 1.29 is 9.90 Å². The Hall–Kier alpha value is -1.02. The van der Waals surface area contributed by atoms with Crippen molar-refractivity contribution in [3.63, 3.8) is 0 Å². The lowest BCUT2D eigenvalue weighted by Crippen LogP contribution is -2.03. The summed E-state index contributed by atoms with van der Waals surface area (Å²) in [4.78, 5) is 11.0. The molecule has 1 aliphatic rings. The molecular formula is C12H13ClO2. The lowest BCUT2D eigenvalue weighted by atomic mass is 10.0. The summed E-state index contributed by atoms with van der Waals surface area (Å²) < 4.78 is 0. The molecule has 0 radical (unpaired) electrons. The summed E-state index contributed by atoms with van der Waals surface area (Å²) in [6.45, 7) is 3.98. The first-order chi connectivity index (χ1) is 6.94. The molecule has 1 aromatic carbocycles. The monoisotopic (exact) mass is 224 g/mol. The van der Waals surface area contributed by atoms with Gasteiger partial charge in [0.2, 0.25) is 0 Å². The van der Waals surface area contributed by atoms with Gasteiger partial charge in [0.1, 0.15) is 0 Å². The number of carboxylic acid groups (broad SMARTS) is 1. The van der Waals surface area contributed by atoms with E-state index in [2.05, 4.69) is 0 Å². The topological polar surface area (TPSA) is 37.3 Å². The Labute approximate surface area is 93.9 Å². The number of hydrogen-bond acceptors (Lipinski definition) is 1. The maximum Gasteiger partial charge on any atom is 0.307 e. The van der Waals surface area contributed by atoms with Crippen molar-refractivity contribution in [2.24, 2.45) is 11.3 Å². The summed E-state index contributed by atoms with van der Waals surface area (Å²) >= 11 is 5.79. The largest absolute Gasteiger partial charge is 0.481 e. The minimum Gasteiger partial charge on any atom is -0.481 e. The van der Waals surface area contributed by atoms with Gasteiger partial charge in [-0.3, -0.25) is 4.79 Å². The van der Waals surface area contributed by atoms with Crippen LogP contribution in [0.2, 0.25) is 5.02 Å². The molecule has 1 aliphatic carbocycles. The van der Waals surface area contributed by atoms with Gasteiger partial charge in [-0.2, -0.15) is 0 Å². The molecule has 0 amide bonds. The second-order valence-corrected chi connectivity index (χ2v) is 5.10. The van der Waals surface area contributed by atoms with Gasteiger partial charge in [-0.25, -0.2) is 0 Å². The first-order valence-corrected chi connectivity index (χ1v) is 5.30. The molecule has 1 fully saturated rings. The standard InChI is InChI=1S/C12H13ClO2/c1-12(2)9(10(12)11(14)15)7-3-5-8(13)6-4-7/h3-6,9-10H,1-2H3,(H,14,15). The van der Waals surface area contributed by atoms with E-state index < -0.39 is 5.97 Å². The molecule has 0 spiro atoms. The Morgan fingerprint density at radius 1 is 1.33 bits per heavy atom. The summed E-state index contributed by atoms with van der Waals surface area (Å²) in [7, 11) is 0. The summed E-state index contributed by atoms with van der Waals surface area (Å²) in [5, 5.41) is 9.73. The van der Waals surface area contributed by atoms with Gasteiger partial charge in [0, 0.05) is 10.9 Å². The van der Waals surface area contributed by atoms with E-state index in [-0.39, 0.29) is 17.3 Å². The highest BCUT2D eigenvalue weighted by Crippen LogP contribution is 2.64. The van der Waals surface area contributed by atoms with Gasteiger partial charge < -0.3 is 5.11 Å². The van der Waals surface area contributed by atoms with Gasteiger partial charge in [0.25, 0.3) is 0 Å². The average molecular weight is 225 g/mol. The zero-order chi connectivity index (χ0) is 11.2. The molecule has 80 valence electrons. The van der Waals surface area contributed by atoms with Crippen LogP contribution in [0.15, 0.2) is 24.3 Å². The number of halogens is 1. The van der Waals surface area contributed by atoms with E-state index >= 15 is 0 Å². The molecular weight excluding hydrogens is 212 g/mol. The van der Waals surface area contributed by atoms with Crippen LogP contribution in [-0.4, -0.2) is 11.1 Å². The van der Waals surface area contributed by atoms with Crippen molar-refractivity contribution in [3.8, 4) is 0 Å². The minimum atomic E-state index is -0.708. The second kappa shape index (κ2) is 3.24. The van der Waals surface area contributed by atoms with Crippen LogP contribution < -0.4 is 0 Å². The molecule has 15 heavy (non-hydrogen) atoms. The molecule has 2 rings (SSSR count). The number of hydrogen-bond donors (Lipinski definition) is 1. The van der Waals surface area contributed by atoms with Crippen LogP contribution in [0.4, 0.5) is 0 Å². The molecule has 0 aliphatic heterocycles. The van der Waals surface area contributed by atoms with Crippen molar-refractivity contribution in [1.29, 1.82) is 0 Å². The van der Waals surface area contributed by atoms with Crippen LogP contribution >= 0.6 is 11.6 Å². The van der Waals surface area contributed by atoms with Gasteiger partial charge in [0.15, 0.2) is 0 Å². The number of benzene rings is 1. The second-order valence-electron chi connectivity index (χ2n) is 4.67. The molecule has 2 atom stereocenters. The Bertz CT molecular complexity index is 395. The van der Waals surface area contributed by atoms with Crippen LogP contribution in [0, 0.1) is 11.3 Å². The zero-order valence-corrected chi connectivity index (χ0v) is 9.45. The molecule has 1 N–H and O–H groups in total. The normalized spacial score (nSPS) is 27.4. The van der Waals surface area contributed by atoms with Crippen molar-refractivity contribution in [2.45, 2.75) is 19.8 Å². The van der Waals surface area contributed by atoms with Crippen molar-refractivity contribution in [1.82, 2.24) is 0 Å². The predicted molar refractivity (Wildman–Crippen MR) is 59.1 cm³/mol. The van der Waals surface area contributed by atoms with E-state index in [1.54, 1.807) is 0 Å². The van der Waals surface area contributed by atoms with E-state index in [1.165, 1.54) is 0 Å². The summed E-state index contributed by atoms with van der Waals surface area (Å²) in [6.07, 6.45) is 0. The highest BCUT2D eigenvalue weighted by atomic mass is 35.5. The highest BCUT2D eigenvalue weighted by molar-refractivity contribution is 6.30.